The summed E-state index contributed by atoms with van der Waals surface area (Å²) in [6, 6.07) is 7.85. The Morgan fingerprint density at radius 3 is 2.48 bits per heavy atom. The normalized spacial score (nSPS) is 17.8. The zero-order valence-corrected chi connectivity index (χ0v) is 14.3. The molecule has 122 valence electrons. The summed E-state index contributed by atoms with van der Waals surface area (Å²) in [6.45, 7) is 6.32. The summed E-state index contributed by atoms with van der Waals surface area (Å²) in [6.07, 6.45) is 7.73. The Bertz CT molecular complexity index is 616. The maximum atomic E-state index is 10.8. The van der Waals surface area contributed by atoms with Crippen LogP contribution in [0.5, 0.6) is 0 Å². The third kappa shape index (κ3) is 4.99. The first-order chi connectivity index (χ1) is 11.1. The van der Waals surface area contributed by atoms with E-state index in [0.717, 1.165) is 23.7 Å². The van der Waals surface area contributed by atoms with Gasteiger partial charge < -0.3 is 10.0 Å². The number of aliphatic imine (C=N–C) groups is 1. The number of allylic oxidation sites excluding steroid dienone is 2. The Morgan fingerprint density at radius 1 is 1.26 bits per heavy atom. The maximum Gasteiger partial charge on any atom is 0.329 e. The van der Waals surface area contributed by atoms with Crippen LogP contribution in [-0.2, 0) is 4.79 Å². The van der Waals surface area contributed by atoms with Gasteiger partial charge in [0.25, 0.3) is 0 Å². The first-order valence-corrected chi connectivity index (χ1v) is 8.75. The fourth-order valence-corrected chi connectivity index (χ4v) is 3.22. The van der Waals surface area contributed by atoms with Crippen molar-refractivity contribution in [2.45, 2.75) is 19.9 Å². The summed E-state index contributed by atoms with van der Waals surface area (Å²) in [5, 5.41) is 9.66. The minimum Gasteiger partial charge on any atom is -0.480 e. The van der Waals surface area contributed by atoms with Crippen LogP contribution in [0.3, 0.4) is 0 Å². The molecule has 4 nitrogen and oxygen atoms in total. The number of carboxylic acids is 1. The van der Waals surface area contributed by atoms with E-state index < -0.39 is 12.0 Å². The van der Waals surface area contributed by atoms with Gasteiger partial charge in [-0.15, -0.1) is 11.8 Å². The second-order valence-electron chi connectivity index (χ2n) is 5.11. The highest BCUT2D eigenvalue weighted by Gasteiger charge is 2.22. The van der Waals surface area contributed by atoms with E-state index in [1.54, 1.807) is 0 Å². The number of carboxylic acid groups (broad SMARTS) is 1. The number of anilines is 1. The molecule has 1 aromatic carbocycles. The van der Waals surface area contributed by atoms with Crippen LogP contribution in [0.1, 0.15) is 19.4 Å². The van der Waals surface area contributed by atoms with Gasteiger partial charge in [0.15, 0.2) is 6.04 Å². The van der Waals surface area contributed by atoms with Crippen molar-refractivity contribution in [3.05, 3.63) is 48.1 Å². The van der Waals surface area contributed by atoms with Crippen LogP contribution in [-0.4, -0.2) is 41.0 Å². The number of aliphatic carboxylic acids is 1. The molecule has 0 aromatic heterocycles. The number of thioether (sulfide) groups is 1. The number of nitrogens with zero attached hydrogens (tertiary/aromatic N) is 2. The maximum absolute atomic E-state index is 10.8. The van der Waals surface area contributed by atoms with Crippen molar-refractivity contribution in [2.75, 3.05) is 23.7 Å². The number of rotatable bonds is 7. The summed E-state index contributed by atoms with van der Waals surface area (Å²) in [5.74, 6) is -0.337. The van der Waals surface area contributed by atoms with Crippen LogP contribution in [0, 0.1) is 0 Å². The number of benzene rings is 1. The topological polar surface area (TPSA) is 52.9 Å². The lowest BCUT2D eigenvalue weighted by molar-refractivity contribution is -0.137. The van der Waals surface area contributed by atoms with E-state index in [2.05, 4.69) is 48.0 Å². The molecule has 0 aliphatic carbocycles. The van der Waals surface area contributed by atoms with Gasteiger partial charge in [-0.3, -0.25) is 4.99 Å². The van der Waals surface area contributed by atoms with E-state index in [1.807, 2.05) is 24.3 Å². The predicted octanol–water partition coefficient (Wildman–Crippen LogP) is 3.70. The van der Waals surface area contributed by atoms with Gasteiger partial charge >= 0.3 is 5.97 Å². The van der Waals surface area contributed by atoms with Gasteiger partial charge in [-0.05, 0) is 37.6 Å². The van der Waals surface area contributed by atoms with Crippen LogP contribution in [0.4, 0.5) is 5.69 Å². The van der Waals surface area contributed by atoms with Gasteiger partial charge in [-0.1, -0.05) is 30.4 Å². The second-order valence-corrected chi connectivity index (χ2v) is 6.15. The fraction of sp³-hybridized carbons (Fsp3) is 0.333. The van der Waals surface area contributed by atoms with E-state index in [0.29, 0.717) is 5.75 Å². The van der Waals surface area contributed by atoms with Crippen molar-refractivity contribution in [3.8, 4) is 0 Å². The van der Waals surface area contributed by atoms with E-state index in [1.165, 1.54) is 17.4 Å². The summed E-state index contributed by atoms with van der Waals surface area (Å²) < 4.78 is 0. The van der Waals surface area contributed by atoms with Gasteiger partial charge in [-0.2, -0.15) is 0 Å². The SMILES string of the molecule is CCN(CC)c1ccc(/C=C/C=C/C2=N[C@@H](C(=O)O)CS2)cc1. The molecular weight excluding hydrogens is 308 g/mol. The zero-order valence-electron chi connectivity index (χ0n) is 13.5. The van der Waals surface area contributed by atoms with Gasteiger partial charge in [0.05, 0.1) is 5.04 Å². The lowest BCUT2D eigenvalue weighted by Crippen LogP contribution is -2.21. The molecule has 23 heavy (non-hydrogen) atoms. The number of carbonyl (C=O) groups is 1. The molecule has 1 aromatic rings. The molecule has 0 radical (unpaired) electrons. The average molecular weight is 330 g/mol. The molecule has 0 amide bonds. The number of hydrogen-bond acceptors (Lipinski definition) is 4. The van der Waals surface area contributed by atoms with Crippen LogP contribution in [0.25, 0.3) is 6.08 Å². The highest BCUT2D eigenvalue weighted by Crippen LogP contribution is 2.19. The van der Waals surface area contributed by atoms with Gasteiger partial charge in [0, 0.05) is 24.5 Å². The Labute approximate surface area is 141 Å². The molecule has 2 rings (SSSR count). The van der Waals surface area contributed by atoms with Crippen molar-refractivity contribution in [3.63, 3.8) is 0 Å². The molecule has 1 N–H and O–H groups in total. The first kappa shape index (κ1) is 17.3. The lowest BCUT2D eigenvalue weighted by Gasteiger charge is -2.20. The third-order valence-corrected chi connectivity index (χ3v) is 4.64. The Balaban J connectivity index is 1.92. The zero-order chi connectivity index (χ0) is 16.7. The summed E-state index contributed by atoms with van der Waals surface area (Å²) in [5.41, 5.74) is 2.37. The molecule has 0 saturated heterocycles. The fourth-order valence-electron chi connectivity index (χ4n) is 2.30. The molecule has 5 heteroatoms. The Kier molecular flexibility index (Phi) is 6.47. The van der Waals surface area contributed by atoms with Crippen LogP contribution >= 0.6 is 11.8 Å². The molecule has 0 spiro atoms. The van der Waals surface area contributed by atoms with Gasteiger partial charge in [0.1, 0.15) is 0 Å². The first-order valence-electron chi connectivity index (χ1n) is 7.77. The van der Waals surface area contributed by atoms with Crippen LogP contribution in [0.2, 0.25) is 0 Å². The monoisotopic (exact) mass is 330 g/mol. The predicted molar refractivity (Wildman–Crippen MR) is 99.5 cm³/mol. The molecule has 1 aliphatic rings. The van der Waals surface area contributed by atoms with Gasteiger partial charge in [-0.25, -0.2) is 4.79 Å². The van der Waals surface area contributed by atoms with E-state index in [4.69, 9.17) is 5.11 Å². The van der Waals surface area contributed by atoms with Crippen molar-refractivity contribution in [1.82, 2.24) is 0 Å². The molecule has 1 heterocycles. The highest BCUT2D eigenvalue weighted by molar-refractivity contribution is 8.14. The Morgan fingerprint density at radius 2 is 1.91 bits per heavy atom. The van der Waals surface area contributed by atoms with E-state index in [-0.39, 0.29) is 0 Å². The second kappa shape index (κ2) is 8.58. The quantitative estimate of drug-likeness (QED) is 0.775. The van der Waals surface area contributed by atoms with Gasteiger partial charge in [0.2, 0.25) is 0 Å². The molecule has 1 atom stereocenters. The van der Waals surface area contributed by atoms with Crippen molar-refractivity contribution < 1.29 is 9.90 Å². The third-order valence-electron chi connectivity index (χ3n) is 3.62. The minimum atomic E-state index is -0.857. The average Bonchev–Trinajstić information content (AvgIpc) is 3.03. The van der Waals surface area contributed by atoms with E-state index >= 15 is 0 Å². The van der Waals surface area contributed by atoms with E-state index in [9.17, 15) is 4.79 Å². The standard InChI is InChI=1S/C18H22N2O2S/c1-3-20(4-2)15-11-9-14(10-12-15)7-5-6-8-17-19-16(13-23-17)18(21)22/h5-12,16H,3-4,13H2,1-2H3,(H,21,22)/b7-5+,8-6+/t16-/m1/s1. The molecule has 1 aliphatic heterocycles. The summed E-state index contributed by atoms with van der Waals surface area (Å²) in [7, 11) is 0. The van der Waals surface area contributed by atoms with Crippen molar-refractivity contribution >= 4 is 34.5 Å². The van der Waals surface area contributed by atoms with Crippen LogP contribution < -0.4 is 4.90 Å². The van der Waals surface area contributed by atoms with Crippen molar-refractivity contribution in [2.24, 2.45) is 4.99 Å². The molecule has 0 unspecified atom stereocenters. The Hall–Kier alpha value is -2.01. The smallest absolute Gasteiger partial charge is 0.329 e. The minimum absolute atomic E-state index is 0.519. The summed E-state index contributed by atoms with van der Waals surface area (Å²) in [4.78, 5) is 17.3. The molecule has 0 fully saturated rings. The lowest BCUT2D eigenvalue weighted by atomic mass is 10.2. The molecule has 0 saturated carbocycles. The van der Waals surface area contributed by atoms with Crippen molar-refractivity contribution in [1.29, 1.82) is 0 Å². The molecular formula is C18H22N2O2S. The number of hydrogen-bond donors (Lipinski definition) is 1. The summed E-state index contributed by atoms with van der Waals surface area (Å²) >= 11 is 1.48. The highest BCUT2D eigenvalue weighted by atomic mass is 32.2. The van der Waals surface area contributed by atoms with Crippen LogP contribution in [0.15, 0.2) is 47.5 Å². The largest absolute Gasteiger partial charge is 0.480 e. The molecule has 0 bridgehead atoms.